The number of carbonyl (C=O) groups excluding carboxylic acids is 2. The molecule has 0 aliphatic carbocycles. The topological polar surface area (TPSA) is 93.9 Å². The van der Waals surface area contributed by atoms with Crippen LogP contribution in [0.15, 0.2) is 34.9 Å². The maximum atomic E-state index is 13.7. The molecule has 140 valence electrons. The number of oxazole rings is 1. The van der Waals surface area contributed by atoms with Gasteiger partial charge in [-0.25, -0.2) is 19.0 Å². The zero-order chi connectivity index (χ0) is 18.9. The Bertz CT molecular complexity index is 750. The van der Waals surface area contributed by atoms with E-state index in [9.17, 15) is 14.0 Å². The largest absolute Gasteiger partial charge is 0.464 e. The molecular formula is C17H20FN3O5. The molecule has 0 saturated carbocycles. The average Bonchev–Trinajstić information content (AvgIpc) is 3.11. The lowest BCUT2D eigenvalue weighted by Crippen LogP contribution is -2.36. The number of urea groups is 1. The van der Waals surface area contributed by atoms with E-state index in [0.717, 1.165) is 6.26 Å². The van der Waals surface area contributed by atoms with Crippen molar-refractivity contribution in [2.24, 2.45) is 0 Å². The van der Waals surface area contributed by atoms with E-state index >= 15 is 0 Å². The third kappa shape index (κ3) is 5.28. The van der Waals surface area contributed by atoms with Crippen molar-refractivity contribution in [3.8, 4) is 0 Å². The molecule has 1 aromatic heterocycles. The van der Waals surface area contributed by atoms with Crippen molar-refractivity contribution in [2.45, 2.75) is 13.0 Å². The minimum absolute atomic E-state index is 0.000987. The number of ether oxygens (including phenoxy) is 2. The molecule has 2 rings (SSSR count). The van der Waals surface area contributed by atoms with Crippen LogP contribution in [0.2, 0.25) is 0 Å². The average molecular weight is 365 g/mol. The van der Waals surface area contributed by atoms with Crippen molar-refractivity contribution in [3.05, 3.63) is 47.9 Å². The number of hydrogen-bond acceptors (Lipinski definition) is 6. The fourth-order valence-electron chi connectivity index (χ4n) is 2.15. The van der Waals surface area contributed by atoms with Gasteiger partial charge in [-0.05, 0) is 18.6 Å². The second-order valence-electron chi connectivity index (χ2n) is 5.30. The second-order valence-corrected chi connectivity index (χ2v) is 5.30. The Labute approximate surface area is 149 Å². The number of esters is 1. The molecule has 8 nitrogen and oxygen atoms in total. The van der Waals surface area contributed by atoms with Crippen LogP contribution in [0.1, 0.15) is 22.8 Å². The Morgan fingerprint density at radius 3 is 2.77 bits per heavy atom. The standard InChI is InChI=1S/C17H20FN3O5/c1-24-9-5-8-21(10-15-19-14(11-26-15)16(22)25-2)17(23)20-13-7-4-3-6-12(13)18/h3-4,6-7,11H,5,8-10H2,1-2H3,(H,20,23). The van der Waals surface area contributed by atoms with Gasteiger partial charge in [0.15, 0.2) is 5.69 Å². The first-order valence-corrected chi connectivity index (χ1v) is 7.87. The molecule has 0 radical (unpaired) electrons. The summed E-state index contributed by atoms with van der Waals surface area (Å²) < 4.78 is 28.5. The van der Waals surface area contributed by atoms with Crippen LogP contribution in [0, 0.1) is 5.82 Å². The van der Waals surface area contributed by atoms with Gasteiger partial charge in [-0.15, -0.1) is 0 Å². The number of nitrogens with zero attached hydrogens (tertiary/aromatic N) is 2. The van der Waals surface area contributed by atoms with E-state index in [1.165, 1.54) is 30.2 Å². The summed E-state index contributed by atoms with van der Waals surface area (Å²) in [5, 5.41) is 2.51. The minimum atomic E-state index is -0.637. The van der Waals surface area contributed by atoms with E-state index in [4.69, 9.17) is 9.15 Å². The van der Waals surface area contributed by atoms with Crippen LogP contribution in [0.5, 0.6) is 0 Å². The lowest BCUT2D eigenvalue weighted by molar-refractivity contribution is 0.0594. The van der Waals surface area contributed by atoms with E-state index in [1.807, 2.05) is 0 Å². The third-order valence-electron chi connectivity index (χ3n) is 3.45. The zero-order valence-corrected chi connectivity index (χ0v) is 14.5. The molecule has 1 aromatic carbocycles. The van der Waals surface area contributed by atoms with Gasteiger partial charge in [0.2, 0.25) is 5.89 Å². The van der Waals surface area contributed by atoms with Crippen molar-refractivity contribution in [3.63, 3.8) is 0 Å². The van der Waals surface area contributed by atoms with Crippen molar-refractivity contribution in [1.82, 2.24) is 9.88 Å². The summed E-state index contributed by atoms with van der Waals surface area (Å²) in [5.41, 5.74) is 0.0748. The molecule has 26 heavy (non-hydrogen) atoms. The van der Waals surface area contributed by atoms with Crippen molar-refractivity contribution in [2.75, 3.05) is 32.7 Å². The Morgan fingerprint density at radius 2 is 2.08 bits per heavy atom. The van der Waals surface area contributed by atoms with Crippen LogP contribution in [0.25, 0.3) is 0 Å². The lowest BCUT2D eigenvalue weighted by Gasteiger charge is -2.21. The summed E-state index contributed by atoms with van der Waals surface area (Å²) in [6.45, 7) is 0.771. The molecule has 0 fully saturated rings. The van der Waals surface area contributed by atoms with Crippen LogP contribution in [-0.4, -0.2) is 49.3 Å². The molecule has 0 aliphatic rings. The van der Waals surface area contributed by atoms with E-state index in [2.05, 4.69) is 15.0 Å². The van der Waals surface area contributed by atoms with E-state index in [0.29, 0.717) is 19.6 Å². The molecule has 2 aromatic rings. The number of hydrogen-bond donors (Lipinski definition) is 1. The van der Waals surface area contributed by atoms with Gasteiger partial charge in [0, 0.05) is 20.3 Å². The summed E-state index contributed by atoms with van der Waals surface area (Å²) in [6.07, 6.45) is 1.72. The third-order valence-corrected chi connectivity index (χ3v) is 3.45. The fraction of sp³-hybridized carbons (Fsp3) is 0.353. The van der Waals surface area contributed by atoms with Gasteiger partial charge in [0.1, 0.15) is 12.1 Å². The Kier molecular flexibility index (Phi) is 7.10. The monoisotopic (exact) mass is 365 g/mol. The van der Waals surface area contributed by atoms with Gasteiger partial charge in [-0.2, -0.15) is 0 Å². The summed E-state index contributed by atoms with van der Waals surface area (Å²) in [7, 11) is 2.79. The second kappa shape index (κ2) is 9.52. The first-order chi connectivity index (χ1) is 12.5. The molecular weight excluding hydrogens is 345 g/mol. The molecule has 0 bridgehead atoms. The number of amides is 2. The predicted molar refractivity (Wildman–Crippen MR) is 90.2 cm³/mol. The highest BCUT2D eigenvalue weighted by atomic mass is 19.1. The van der Waals surface area contributed by atoms with Crippen LogP contribution in [0.4, 0.5) is 14.9 Å². The van der Waals surface area contributed by atoms with Gasteiger partial charge in [-0.1, -0.05) is 12.1 Å². The van der Waals surface area contributed by atoms with Gasteiger partial charge >= 0.3 is 12.0 Å². The molecule has 0 unspecified atom stereocenters. The molecule has 9 heteroatoms. The number of carbonyl (C=O) groups is 2. The number of benzene rings is 1. The number of nitrogens with one attached hydrogen (secondary N) is 1. The van der Waals surface area contributed by atoms with Gasteiger partial charge in [0.25, 0.3) is 0 Å². The summed E-state index contributed by atoms with van der Waals surface area (Å²) in [4.78, 5) is 29.3. The molecule has 1 heterocycles. The molecule has 0 saturated heterocycles. The highest BCUT2D eigenvalue weighted by Gasteiger charge is 2.19. The van der Waals surface area contributed by atoms with Gasteiger partial charge in [-0.3, -0.25) is 0 Å². The van der Waals surface area contributed by atoms with Crippen molar-refractivity contribution in [1.29, 1.82) is 0 Å². The molecule has 0 aliphatic heterocycles. The summed E-state index contributed by atoms with van der Waals surface area (Å²) in [6, 6.07) is 5.33. The van der Waals surface area contributed by atoms with E-state index < -0.39 is 17.8 Å². The predicted octanol–water partition coefficient (Wildman–Crippen LogP) is 2.67. The fourth-order valence-corrected chi connectivity index (χ4v) is 2.15. The molecule has 0 spiro atoms. The Balaban J connectivity index is 2.09. The van der Waals surface area contributed by atoms with Crippen LogP contribution < -0.4 is 5.32 Å². The van der Waals surface area contributed by atoms with E-state index in [1.54, 1.807) is 13.2 Å². The Morgan fingerprint density at radius 1 is 1.31 bits per heavy atom. The zero-order valence-electron chi connectivity index (χ0n) is 14.5. The minimum Gasteiger partial charge on any atom is -0.464 e. The SMILES string of the molecule is COCCCN(Cc1nc(C(=O)OC)co1)C(=O)Nc1ccccc1F. The van der Waals surface area contributed by atoms with Gasteiger partial charge < -0.3 is 24.1 Å². The summed E-state index contributed by atoms with van der Waals surface area (Å²) in [5.74, 6) is -1.02. The van der Waals surface area contributed by atoms with Crippen LogP contribution in [0.3, 0.4) is 0 Å². The van der Waals surface area contributed by atoms with Crippen molar-refractivity contribution >= 4 is 17.7 Å². The first kappa shape index (κ1) is 19.4. The van der Waals surface area contributed by atoms with Crippen LogP contribution in [-0.2, 0) is 16.0 Å². The van der Waals surface area contributed by atoms with E-state index in [-0.39, 0.29) is 23.8 Å². The maximum absolute atomic E-state index is 13.7. The van der Waals surface area contributed by atoms with Crippen LogP contribution >= 0.6 is 0 Å². The lowest BCUT2D eigenvalue weighted by atomic mass is 10.3. The molecule has 2 amide bonds. The Hall–Kier alpha value is -2.94. The summed E-state index contributed by atoms with van der Waals surface area (Å²) >= 11 is 0. The number of anilines is 1. The molecule has 0 atom stereocenters. The first-order valence-electron chi connectivity index (χ1n) is 7.87. The highest BCUT2D eigenvalue weighted by molar-refractivity contribution is 5.89. The highest BCUT2D eigenvalue weighted by Crippen LogP contribution is 2.15. The molecule has 1 N–H and O–H groups in total. The number of rotatable bonds is 8. The number of para-hydroxylation sites is 1. The number of aromatic nitrogens is 1. The number of methoxy groups -OCH3 is 2. The van der Waals surface area contributed by atoms with Gasteiger partial charge in [0.05, 0.1) is 19.3 Å². The maximum Gasteiger partial charge on any atom is 0.360 e. The smallest absolute Gasteiger partial charge is 0.360 e. The quantitative estimate of drug-likeness (QED) is 0.571. The normalized spacial score (nSPS) is 10.4. The number of halogens is 1. The van der Waals surface area contributed by atoms with Crippen molar-refractivity contribution < 1.29 is 27.9 Å².